The number of hydrogen-bond donors (Lipinski definition) is 1. The molecule has 2 aromatic carbocycles. The number of amides is 2. The number of hydrogen-bond acceptors (Lipinski definition) is 4. The minimum atomic E-state index is -3.97. The van der Waals surface area contributed by atoms with Gasteiger partial charge >= 0.3 is 0 Å². The van der Waals surface area contributed by atoms with E-state index >= 15 is 0 Å². The summed E-state index contributed by atoms with van der Waals surface area (Å²) in [6, 6.07) is 6.38. The van der Waals surface area contributed by atoms with Gasteiger partial charge in [-0.1, -0.05) is 64.1 Å². The molecule has 0 aromatic heterocycles. The van der Waals surface area contributed by atoms with E-state index in [4.69, 9.17) is 58.0 Å². The first-order valence-corrected chi connectivity index (χ1v) is 13.1. The van der Waals surface area contributed by atoms with Crippen LogP contribution in [0.4, 0.5) is 5.69 Å². The molecule has 0 aliphatic heterocycles. The molecule has 1 atom stereocenters. The summed E-state index contributed by atoms with van der Waals surface area (Å²) < 4.78 is 25.9. The Morgan fingerprint density at radius 3 is 2.06 bits per heavy atom. The van der Waals surface area contributed by atoms with Gasteiger partial charge in [0, 0.05) is 13.6 Å². The maximum absolute atomic E-state index is 13.3. The second kappa shape index (κ2) is 11.3. The number of nitrogens with zero attached hydrogens (tertiary/aromatic N) is 2. The molecule has 0 aliphatic rings. The summed E-state index contributed by atoms with van der Waals surface area (Å²) in [5.41, 5.74) is 0.566. The molecular formula is C20H20Cl5N3O4S. The second-order valence-electron chi connectivity index (χ2n) is 7.05. The molecule has 33 heavy (non-hydrogen) atoms. The van der Waals surface area contributed by atoms with Crippen LogP contribution < -0.4 is 9.62 Å². The van der Waals surface area contributed by atoms with E-state index in [1.54, 1.807) is 18.2 Å². The highest BCUT2D eigenvalue weighted by molar-refractivity contribution is 7.92. The van der Waals surface area contributed by atoms with Crippen molar-refractivity contribution in [2.45, 2.75) is 19.5 Å². The SMILES string of the molecule is CNC(=O)[C@@H](C)N(Cc1ccc(Cl)c(Cl)c1)C(=O)CN(c1cc(Cl)c(Cl)cc1Cl)S(C)(=O)=O. The van der Waals surface area contributed by atoms with Crippen LogP contribution in [0.2, 0.25) is 25.1 Å². The second-order valence-corrected chi connectivity index (χ2v) is 11.0. The van der Waals surface area contributed by atoms with Gasteiger partial charge in [-0.2, -0.15) is 0 Å². The Kier molecular flexibility index (Phi) is 9.56. The zero-order chi connectivity index (χ0) is 25.1. The van der Waals surface area contributed by atoms with Crippen molar-refractivity contribution in [3.05, 3.63) is 61.0 Å². The largest absolute Gasteiger partial charge is 0.357 e. The Morgan fingerprint density at radius 1 is 0.939 bits per heavy atom. The molecule has 13 heteroatoms. The summed E-state index contributed by atoms with van der Waals surface area (Å²) in [6.45, 7) is 0.849. The summed E-state index contributed by atoms with van der Waals surface area (Å²) >= 11 is 30.2. The lowest BCUT2D eigenvalue weighted by Gasteiger charge is -2.31. The third-order valence-corrected chi connectivity index (χ3v) is 7.58. The Labute approximate surface area is 217 Å². The molecule has 0 spiro atoms. The number of halogens is 5. The van der Waals surface area contributed by atoms with E-state index in [0.29, 0.717) is 10.6 Å². The summed E-state index contributed by atoms with van der Waals surface area (Å²) in [4.78, 5) is 26.9. The average Bonchev–Trinajstić information content (AvgIpc) is 2.73. The lowest BCUT2D eigenvalue weighted by atomic mass is 10.1. The van der Waals surface area contributed by atoms with Crippen LogP contribution in [0.15, 0.2) is 30.3 Å². The molecule has 0 radical (unpaired) electrons. The highest BCUT2D eigenvalue weighted by atomic mass is 35.5. The lowest BCUT2D eigenvalue weighted by Crippen LogP contribution is -2.50. The van der Waals surface area contributed by atoms with Crippen molar-refractivity contribution in [2.75, 3.05) is 24.2 Å². The van der Waals surface area contributed by atoms with Crippen LogP contribution in [0.5, 0.6) is 0 Å². The Balaban J connectivity index is 2.47. The standard InChI is InChI=1S/C20H20Cl5N3O4S/c1-11(20(30)26-2)27(9-12-4-5-13(21)14(22)6-12)19(29)10-28(33(3,31)32)18-8-16(24)15(23)7-17(18)25/h4-8,11H,9-10H2,1-3H3,(H,26,30)/t11-/m1/s1. The third kappa shape index (κ3) is 7.04. The topological polar surface area (TPSA) is 86.8 Å². The van der Waals surface area contributed by atoms with Gasteiger partial charge in [0.25, 0.3) is 0 Å². The molecule has 0 bridgehead atoms. The Bertz CT molecular complexity index is 1180. The van der Waals surface area contributed by atoms with Gasteiger partial charge in [-0.15, -0.1) is 0 Å². The zero-order valence-electron chi connectivity index (χ0n) is 17.7. The molecule has 180 valence electrons. The van der Waals surface area contributed by atoms with E-state index in [0.717, 1.165) is 10.6 Å². The van der Waals surface area contributed by atoms with E-state index in [2.05, 4.69) is 5.32 Å². The van der Waals surface area contributed by atoms with E-state index in [-0.39, 0.29) is 32.3 Å². The molecule has 2 rings (SSSR count). The minimum Gasteiger partial charge on any atom is -0.357 e. The van der Waals surface area contributed by atoms with Gasteiger partial charge in [-0.25, -0.2) is 8.42 Å². The van der Waals surface area contributed by atoms with Gasteiger partial charge in [0.2, 0.25) is 21.8 Å². The van der Waals surface area contributed by atoms with Gasteiger partial charge in [0.15, 0.2) is 0 Å². The van der Waals surface area contributed by atoms with Crippen LogP contribution in [0.3, 0.4) is 0 Å². The number of carbonyl (C=O) groups excluding carboxylic acids is 2. The van der Waals surface area contributed by atoms with E-state index in [9.17, 15) is 18.0 Å². The van der Waals surface area contributed by atoms with Crippen LogP contribution in [-0.2, 0) is 26.2 Å². The van der Waals surface area contributed by atoms with Crippen LogP contribution in [0, 0.1) is 0 Å². The van der Waals surface area contributed by atoms with Crippen molar-refractivity contribution < 1.29 is 18.0 Å². The average molecular weight is 576 g/mol. The summed E-state index contributed by atoms with van der Waals surface area (Å²) in [5, 5.41) is 3.25. The van der Waals surface area contributed by atoms with Gasteiger partial charge < -0.3 is 10.2 Å². The highest BCUT2D eigenvalue weighted by Crippen LogP contribution is 2.35. The first-order chi connectivity index (χ1) is 15.3. The highest BCUT2D eigenvalue weighted by Gasteiger charge is 2.31. The Morgan fingerprint density at radius 2 is 1.52 bits per heavy atom. The molecule has 0 unspecified atom stereocenters. The summed E-state index contributed by atoms with van der Waals surface area (Å²) in [7, 11) is -2.55. The lowest BCUT2D eigenvalue weighted by molar-refractivity contribution is -0.139. The van der Waals surface area contributed by atoms with E-state index in [1.807, 2.05) is 0 Å². The van der Waals surface area contributed by atoms with Crippen molar-refractivity contribution in [3.8, 4) is 0 Å². The van der Waals surface area contributed by atoms with Gasteiger partial charge in [-0.3, -0.25) is 13.9 Å². The molecule has 0 fully saturated rings. The number of nitrogens with one attached hydrogen (secondary N) is 1. The number of likely N-dealkylation sites (N-methyl/N-ethyl adjacent to an activating group) is 1. The van der Waals surface area contributed by atoms with Gasteiger partial charge in [-0.05, 0) is 36.8 Å². The van der Waals surface area contributed by atoms with Crippen molar-refractivity contribution in [3.63, 3.8) is 0 Å². The molecular weight excluding hydrogens is 556 g/mol. The van der Waals surface area contributed by atoms with Crippen LogP contribution in [0.1, 0.15) is 12.5 Å². The molecule has 1 N–H and O–H groups in total. The minimum absolute atomic E-state index is 0.0157. The molecule has 0 aliphatic carbocycles. The van der Waals surface area contributed by atoms with E-state index < -0.39 is 34.4 Å². The van der Waals surface area contributed by atoms with Crippen LogP contribution >= 0.6 is 58.0 Å². The zero-order valence-corrected chi connectivity index (χ0v) is 22.3. The molecule has 0 heterocycles. The monoisotopic (exact) mass is 573 g/mol. The maximum atomic E-state index is 13.3. The number of anilines is 1. The number of benzene rings is 2. The summed E-state index contributed by atoms with van der Waals surface area (Å²) in [6.07, 6.45) is 0.921. The summed E-state index contributed by atoms with van der Waals surface area (Å²) in [5.74, 6) is -1.10. The normalized spacial score (nSPS) is 12.2. The fourth-order valence-electron chi connectivity index (χ4n) is 2.92. The first kappa shape index (κ1) is 27.8. The van der Waals surface area contributed by atoms with E-state index in [1.165, 1.54) is 31.0 Å². The predicted molar refractivity (Wildman–Crippen MR) is 134 cm³/mol. The van der Waals surface area contributed by atoms with Crippen molar-refractivity contribution in [1.82, 2.24) is 10.2 Å². The van der Waals surface area contributed by atoms with Crippen molar-refractivity contribution in [1.29, 1.82) is 0 Å². The fraction of sp³-hybridized carbons (Fsp3) is 0.300. The smallest absolute Gasteiger partial charge is 0.244 e. The molecule has 7 nitrogen and oxygen atoms in total. The number of sulfonamides is 1. The first-order valence-electron chi connectivity index (χ1n) is 9.33. The maximum Gasteiger partial charge on any atom is 0.244 e. The quantitative estimate of drug-likeness (QED) is 0.455. The van der Waals surface area contributed by atoms with Crippen molar-refractivity contribution in [2.24, 2.45) is 0 Å². The molecule has 2 amide bonds. The van der Waals surface area contributed by atoms with Crippen molar-refractivity contribution >= 4 is 85.5 Å². The van der Waals surface area contributed by atoms with Crippen LogP contribution in [-0.4, -0.2) is 51.0 Å². The molecule has 2 aromatic rings. The Hall–Kier alpha value is -1.42. The van der Waals surface area contributed by atoms with Gasteiger partial charge in [0.05, 0.1) is 37.1 Å². The number of rotatable bonds is 8. The molecule has 0 saturated carbocycles. The molecule has 0 saturated heterocycles. The number of carbonyl (C=O) groups is 2. The fourth-order valence-corrected chi connectivity index (χ4v) is 4.79. The third-order valence-electron chi connectivity index (χ3n) is 4.69. The predicted octanol–water partition coefficient (Wildman–Crippen LogP) is 4.88. The van der Waals surface area contributed by atoms with Gasteiger partial charge in [0.1, 0.15) is 12.6 Å². The van der Waals surface area contributed by atoms with Crippen LogP contribution in [0.25, 0.3) is 0 Å².